The molecule has 0 aliphatic heterocycles. The molecule has 0 fully saturated rings. The molecule has 0 heterocycles. The average molecular weight is 1010 g/mol. The Bertz CT molecular complexity index is 1090. The zero-order valence-corrected chi connectivity index (χ0v) is 46.1. The van der Waals surface area contributed by atoms with Crippen molar-refractivity contribution in [1.29, 1.82) is 0 Å². The molecule has 0 aromatic heterocycles. The lowest BCUT2D eigenvalue weighted by molar-refractivity contribution is -0.136. The lowest BCUT2D eigenvalue weighted by Crippen LogP contribution is -2.41. The molecule has 18 heteroatoms. The van der Waals surface area contributed by atoms with Gasteiger partial charge in [0.2, 0.25) is 0 Å². The van der Waals surface area contributed by atoms with Gasteiger partial charge in [0.1, 0.15) is 0 Å². The molecule has 0 aliphatic carbocycles. The molecule has 3 N–H and O–H groups in total. The number of hydrogen-bond donors (Lipinski definition) is 3. The predicted molar refractivity (Wildman–Crippen MR) is 265 cm³/mol. The highest BCUT2D eigenvalue weighted by Crippen LogP contribution is 2.26. The van der Waals surface area contributed by atoms with Crippen LogP contribution in [-0.2, 0) is 71.1 Å². The minimum atomic E-state index is -0.508. The van der Waals surface area contributed by atoms with Crippen molar-refractivity contribution in [2.24, 2.45) is 5.41 Å². The van der Waals surface area contributed by atoms with Crippen molar-refractivity contribution < 1.29 is 86.4 Å². The van der Waals surface area contributed by atoms with Crippen LogP contribution in [-0.4, -0.2) is 226 Å². The zero-order valence-electron chi connectivity index (χ0n) is 46.1. The fourth-order valence-corrected chi connectivity index (χ4v) is 6.87. The molecule has 15 atom stereocenters. The Kier molecular flexibility index (Phi) is 41.2. The number of aliphatic hydroxyl groups is 3. The molecule has 0 amide bonds. The Morgan fingerprint density at radius 1 is 0.290 bits per heavy atom. The Labute approximate surface area is 418 Å². The van der Waals surface area contributed by atoms with Crippen molar-refractivity contribution in [2.45, 2.75) is 209 Å². The van der Waals surface area contributed by atoms with E-state index < -0.39 is 11.5 Å². The molecular weight excluding hydrogens is 901 g/mol. The van der Waals surface area contributed by atoms with Crippen LogP contribution in [0.15, 0.2) is 0 Å². The summed E-state index contributed by atoms with van der Waals surface area (Å²) in [6, 6.07) is 0. The fraction of sp³-hybridized carbons (Fsp3) is 1.00. The molecule has 416 valence electrons. The van der Waals surface area contributed by atoms with E-state index in [1.54, 1.807) is 6.92 Å². The van der Waals surface area contributed by atoms with Crippen molar-refractivity contribution in [3.8, 4) is 0 Å². The van der Waals surface area contributed by atoms with E-state index in [1.807, 2.05) is 96.9 Å². The topological polar surface area (TPSA) is 199 Å². The first-order valence-electron chi connectivity index (χ1n) is 25.7. The minimum absolute atomic E-state index is 0.0290. The summed E-state index contributed by atoms with van der Waals surface area (Å²) in [5.41, 5.74) is -0.458. The van der Waals surface area contributed by atoms with Gasteiger partial charge in [-0.3, -0.25) is 0 Å². The molecule has 0 bridgehead atoms. The Hall–Kier alpha value is -0.720. The highest BCUT2D eigenvalue weighted by atomic mass is 16.6. The van der Waals surface area contributed by atoms with Crippen LogP contribution >= 0.6 is 0 Å². The third kappa shape index (κ3) is 39.4. The van der Waals surface area contributed by atoms with Gasteiger partial charge in [-0.1, -0.05) is 6.92 Å². The summed E-state index contributed by atoms with van der Waals surface area (Å²) in [6.07, 6.45) is -2.03. The van der Waals surface area contributed by atoms with E-state index in [1.165, 1.54) is 0 Å². The summed E-state index contributed by atoms with van der Waals surface area (Å²) < 4.78 is 89.7. The number of ether oxygens (including phenoxy) is 15. The third-order valence-electron chi connectivity index (χ3n) is 10.4. The summed E-state index contributed by atoms with van der Waals surface area (Å²) in [6.45, 7) is 37.2. The third-order valence-corrected chi connectivity index (χ3v) is 10.4. The van der Waals surface area contributed by atoms with E-state index in [2.05, 4.69) is 6.92 Å². The molecule has 18 nitrogen and oxygen atoms in total. The van der Waals surface area contributed by atoms with Gasteiger partial charge in [-0.2, -0.15) is 0 Å². The molecule has 0 aliphatic rings. The van der Waals surface area contributed by atoms with Gasteiger partial charge in [0.05, 0.1) is 210 Å². The fourth-order valence-electron chi connectivity index (χ4n) is 6.87. The van der Waals surface area contributed by atoms with Gasteiger partial charge in [-0.05, 0) is 110 Å². The Morgan fingerprint density at radius 2 is 0.507 bits per heavy atom. The first-order valence-corrected chi connectivity index (χ1v) is 25.7. The highest BCUT2D eigenvalue weighted by Gasteiger charge is 2.32. The maximum Gasteiger partial charge on any atom is 0.0785 e. The van der Waals surface area contributed by atoms with E-state index >= 15 is 0 Å². The maximum absolute atomic E-state index is 9.39. The number of hydrogen-bond acceptors (Lipinski definition) is 18. The summed E-state index contributed by atoms with van der Waals surface area (Å²) in [4.78, 5) is 0. The van der Waals surface area contributed by atoms with Crippen molar-refractivity contribution in [2.75, 3.05) is 119 Å². The summed E-state index contributed by atoms with van der Waals surface area (Å²) >= 11 is 0. The van der Waals surface area contributed by atoms with E-state index in [4.69, 9.17) is 71.1 Å². The summed E-state index contributed by atoms with van der Waals surface area (Å²) in [5, 5.41) is 27.8. The second kappa shape index (κ2) is 41.6. The van der Waals surface area contributed by atoms with Crippen molar-refractivity contribution in [1.82, 2.24) is 0 Å². The van der Waals surface area contributed by atoms with Gasteiger partial charge in [-0.15, -0.1) is 0 Å². The normalized spacial score (nSPS) is 19.9. The zero-order chi connectivity index (χ0) is 52.2. The lowest BCUT2D eigenvalue weighted by Gasteiger charge is -2.34. The molecule has 0 aromatic carbocycles. The van der Waals surface area contributed by atoms with E-state index in [-0.39, 0.29) is 105 Å². The van der Waals surface area contributed by atoms with Crippen molar-refractivity contribution >= 4 is 0 Å². The van der Waals surface area contributed by atoms with Crippen LogP contribution in [0.3, 0.4) is 0 Å². The SMILES string of the molecule is CCC(COCC(C)OC(C)COCC(C)OC(C)COCC(C)O)(COC(C)COCC(C)OC(C)COCC(C)OC(C)CO)COC(C)COCC(C)OC(C)COCC(C)OC(C)CO. The number of aliphatic hydroxyl groups excluding tert-OH is 3. The summed E-state index contributed by atoms with van der Waals surface area (Å²) in [7, 11) is 0. The maximum atomic E-state index is 9.39. The van der Waals surface area contributed by atoms with Gasteiger partial charge in [0.25, 0.3) is 0 Å². The molecule has 0 rings (SSSR count). The van der Waals surface area contributed by atoms with Gasteiger partial charge < -0.3 is 86.4 Å². The summed E-state index contributed by atoms with van der Waals surface area (Å²) in [5.74, 6) is 0. The van der Waals surface area contributed by atoms with Gasteiger partial charge in [0, 0.05) is 5.41 Å². The first kappa shape index (κ1) is 68.3. The monoisotopic (exact) mass is 1000 g/mol. The van der Waals surface area contributed by atoms with Crippen LogP contribution < -0.4 is 0 Å². The van der Waals surface area contributed by atoms with E-state index in [9.17, 15) is 15.3 Å². The second-order valence-corrected chi connectivity index (χ2v) is 19.6. The molecule has 69 heavy (non-hydrogen) atoms. The minimum Gasteiger partial charge on any atom is -0.394 e. The van der Waals surface area contributed by atoms with Crippen LogP contribution in [0, 0.1) is 5.41 Å². The molecule has 0 saturated heterocycles. The van der Waals surface area contributed by atoms with Crippen LogP contribution in [0.4, 0.5) is 0 Å². The van der Waals surface area contributed by atoms with Crippen LogP contribution in [0.5, 0.6) is 0 Å². The van der Waals surface area contributed by atoms with Crippen molar-refractivity contribution in [3.05, 3.63) is 0 Å². The molecule has 0 aromatic rings. The largest absolute Gasteiger partial charge is 0.394 e. The van der Waals surface area contributed by atoms with Gasteiger partial charge >= 0.3 is 0 Å². The Balaban J connectivity index is 5.15. The number of rotatable bonds is 49. The highest BCUT2D eigenvalue weighted by molar-refractivity contribution is 4.79. The average Bonchev–Trinajstić information content (AvgIpc) is 3.26. The molecule has 0 radical (unpaired) electrons. The first-order chi connectivity index (χ1) is 32.6. The molecule has 15 unspecified atom stereocenters. The molecule has 0 spiro atoms. The van der Waals surface area contributed by atoms with Crippen LogP contribution in [0.1, 0.15) is 117 Å². The molecule has 0 saturated carbocycles. The lowest BCUT2D eigenvalue weighted by atomic mass is 9.87. The van der Waals surface area contributed by atoms with Crippen LogP contribution in [0.2, 0.25) is 0 Å². The Morgan fingerprint density at radius 3 is 0.739 bits per heavy atom. The standard InChI is InChI=1S/C51H104O18/c1-17-51(33-61-32-50(16)69-49(15)31-60-30-46(12)66-43(9)23-55-20-36(2)54,34-62-39(5)21-56-26-44(10)67-47(13)28-58-24-41(7)64-37(3)18-52)35-63-40(6)22-57-27-45(11)68-48(14)29-59-25-42(8)65-38(4)19-53/h36-50,52-54H,17-35H2,1-16H3. The van der Waals surface area contributed by atoms with Gasteiger partial charge in [-0.25, -0.2) is 0 Å². The van der Waals surface area contributed by atoms with E-state index in [0.717, 1.165) is 6.42 Å². The molecular formula is C51H104O18. The van der Waals surface area contributed by atoms with Crippen LogP contribution in [0.25, 0.3) is 0 Å². The second-order valence-electron chi connectivity index (χ2n) is 19.6. The van der Waals surface area contributed by atoms with Crippen molar-refractivity contribution in [3.63, 3.8) is 0 Å². The van der Waals surface area contributed by atoms with E-state index in [0.29, 0.717) is 99.1 Å². The predicted octanol–water partition coefficient (Wildman–Crippen LogP) is 5.44. The smallest absolute Gasteiger partial charge is 0.0785 e. The van der Waals surface area contributed by atoms with Gasteiger partial charge in [0.15, 0.2) is 0 Å². The quantitative estimate of drug-likeness (QED) is 0.0696.